The normalized spacial score (nSPS) is 28.7. The van der Waals surface area contributed by atoms with E-state index in [-0.39, 0.29) is 32.8 Å². The van der Waals surface area contributed by atoms with E-state index in [1.807, 2.05) is 60.7 Å². The Morgan fingerprint density at radius 2 is 1.50 bits per heavy atom. The van der Waals surface area contributed by atoms with Crippen LogP contribution in [-0.4, -0.2) is 103 Å². The highest BCUT2D eigenvalue weighted by atomic mass is 16.7. The number of aliphatic hydroxyl groups excluding tert-OH is 2. The summed E-state index contributed by atoms with van der Waals surface area (Å²) < 4.78 is 36.6. The van der Waals surface area contributed by atoms with Gasteiger partial charge in [0.15, 0.2) is 6.29 Å². The van der Waals surface area contributed by atoms with E-state index >= 15 is 0 Å². The molecule has 1 amide bonds. The summed E-state index contributed by atoms with van der Waals surface area (Å²) >= 11 is 0. The second kappa shape index (κ2) is 19.8. The topological polar surface area (TPSA) is 271 Å². The van der Waals surface area contributed by atoms with E-state index in [0.29, 0.717) is 0 Å². The molecule has 0 radical (unpaired) electrons. The lowest BCUT2D eigenvalue weighted by Gasteiger charge is -2.48. The monoisotopic (exact) mass is 724 g/mol. The highest BCUT2D eigenvalue weighted by molar-refractivity contribution is 5.68. The van der Waals surface area contributed by atoms with Crippen molar-refractivity contribution in [2.45, 2.75) is 107 Å². The number of nitrogens with one attached hydrogen (secondary N) is 1. The van der Waals surface area contributed by atoms with E-state index in [0.717, 1.165) is 11.1 Å². The Balaban J connectivity index is 1.69. The summed E-state index contributed by atoms with van der Waals surface area (Å²) in [7, 11) is 0. The van der Waals surface area contributed by atoms with Crippen molar-refractivity contribution in [1.29, 1.82) is 0 Å². The molecule has 2 aromatic rings. The second-order valence-electron chi connectivity index (χ2n) is 13.1. The van der Waals surface area contributed by atoms with Crippen LogP contribution < -0.4 is 5.32 Å². The number of aliphatic hydroxyl groups is 2. The van der Waals surface area contributed by atoms with E-state index in [2.05, 4.69) is 35.4 Å². The van der Waals surface area contributed by atoms with Gasteiger partial charge in [0.2, 0.25) is 0 Å². The molecule has 19 nitrogen and oxygen atoms in total. The molecule has 2 aliphatic rings. The summed E-state index contributed by atoms with van der Waals surface area (Å²) in [4.78, 5) is 21.6. The molecule has 1 aliphatic carbocycles. The number of nitrogens with zero attached hydrogens (tertiary/aromatic N) is 9. The standard InChI is InChI=1S/C33H44N10O9/c1-33(2,3)52-32(46)38-22-16-23(39-42-35)28(26(45)27(22)47-15-14-44)51-31-25(40-43-36)30(49-19-21-12-8-5-9-13-21)29(24(50-31)17-37-41-34)48-18-20-10-6-4-7-11-20/h4-13,22-31,44-45H,14-19H2,1-3H3,(H,38,46)/t22-,23?,24?,25?,26-,27?,28?,29-,30+,31-/m1/s1. The zero-order valence-corrected chi connectivity index (χ0v) is 29.1. The van der Waals surface area contributed by atoms with Crippen LogP contribution in [0.5, 0.6) is 0 Å². The lowest BCUT2D eigenvalue weighted by Crippen LogP contribution is -2.65. The third kappa shape index (κ3) is 11.4. The van der Waals surface area contributed by atoms with E-state index < -0.39 is 79.3 Å². The van der Waals surface area contributed by atoms with Gasteiger partial charge >= 0.3 is 6.09 Å². The predicted octanol–water partition coefficient (Wildman–Crippen LogP) is 4.97. The van der Waals surface area contributed by atoms with Crippen molar-refractivity contribution < 1.29 is 43.4 Å². The summed E-state index contributed by atoms with van der Waals surface area (Å²) in [6.45, 7) is 4.38. The van der Waals surface area contributed by atoms with Crippen LogP contribution in [0, 0.1) is 0 Å². The van der Waals surface area contributed by atoms with Gasteiger partial charge in [-0.3, -0.25) is 0 Å². The van der Waals surface area contributed by atoms with E-state index in [4.69, 9.17) is 28.4 Å². The molecular formula is C33H44N10O9. The summed E-state index contributed by atoms with van der Waals surface area (Å²) in [6.07, 6.45) is -9.46. The molecule has 0 aromatic heterocycles. The molecular weight excluding hydrogens is 680 g/mol. The Kier molecular flexibility index (Phi) is 15.3. The second-order valence-corrected chi connectivity index (χ2v) is 13.1. The first-order valence-corrected chi connectivity index (χ1v) is 16.7. The Labute approximate surface area is 300 Å². The molecule has 1 saturated heterocycles. The molecule has 2 aromatic carbocycles. The molecule has 280 valence electrons. The minimum atomic E-state index is -1.59. The minimum absolute atomic E-state index is 0.0671. The van der Waals surface area contributed by atoms with Crippen molar-refractivity contribution in [3.8, 4) is 0 Å². The van der Waals surface area contributed by atoms with E-state index in [1.54, 1.807) is 20.8 Å². The maximum Gasteiger partial charge on any atom is 0.407 e. The number of carbonyl (C=O) groups is 1. The van der Waals surface area contributed by atoms with Crippen molar-refractivity contribution >= 4 is 6.09 Å². The molecule has 1 heterocycles. The first-order valence-electron chi connectivity index (χ1n) is 16.7. The van der Waals surface area contributed by atoms with Gasteiger partial charge in [0.05, 0.1) is 57.3 Å². The Bertz CT molecular complexity index is 1570. The number of alkyl carbamates (subject to hydrolysis) is 1. The Hall–Kier alpha value is -4.64. The lowest BCUT2D eigenvalue weighted by molar-refractivity contribution is -0.301. The van der Waals surface area contributed by atoms with Crippen LogP contribution >= 0.6 is 0 Å². The number of carbonyl (C=O) groups excluding carboxylic acids is 1. The SMILES string of the molecule is CC(C)(C)OC(=O)N[C@@H]1CC(N=[N+]=[N-])C(O[C@H]2OC(CN=[N+]=[N-])[C@@H](OCc3ccccc3)[C@@H](OCc3ccccc3)C2N=[N+]=[N-])[C@H](O)C1OCCO. The largest absolute Gasteiger partial charge is 0.444 e. The van der Waals surface area contributed by atoms with Crippen molar-refractivity contribution in [2.24, 2.45) is 15.3 Å². The molecule has 4 rings (SSSR count). The smallest absolute Gasteiger partial charge is 0.407 e. The van der Waals surface area contributed by atoms with Gasteiger partial charge in [-0.05, 0) is 54.9 Å². The summed E-state index contributed by atoms with van der Waals surface area (Å²) in [5.74, 6) is 0. The summed E-state index contributed by atoms with van der Waals surface area (Å²) in [6, 6.07) is 15.2. The number of azide groups is 3. The highest BCUT2D eigenvalue weighted by Crippen LogP contribution is 2.35. The Morgan fingerprint density at radius 1 is 0.885 bits per heavy atom. The van der Waals surface area contributed by atoms with Crippen LogP contribution in [0.15, 0.2) is 76.0 Å². The van der Waals surface area contributed by atoms with Gasteiger partial charge in [0.25, 0.3) is 0 Å². The van der Waals surface area contributed by atoms with Gasteiger partial charge in [-0.1, -0.05) is 76.0 Å². The molecule has 19 heteroatoms. The zero-order chi connectivity index (χ0) is 37.5. The quantitative estimate of drug-likeness (QED) is 0.120. The summed E-state index contributed by atoms with van der Waals surface area (Å²) in [5, 5.41) is 35.5. The number of amides is 1. The highest BCUT2D eigenvalue weighted by Gasteiger charge is 2.52. The number of hydrogen-bond acceptors (Lipinski definition) is 12. The van der Waals surface area contributed by atoms with Crippen LogP contribution in [0.2, 0.25) is 0 Å². The zero-order valence-electron chi connectivity index (χ0n) is 29.1. The number of ether oxygens (including phenoxy) is 6. The van der Waals surface area contributed by atoms with Crippen molar-refractivity contribution in [3.63, 3.8) is 0 Å². The van der Waals surface area contributed by atoms with Crippen LogP contribution in [-0.2, 0) is 41.6 Å². The van der Waals surface area contributed by atoms with Crippen molar-refractivity contribution in [3.05, 3.63) is 103 Å². The fraction of sp³-hybridized carbons (Fsp3) is 0.606. The van der Waals surface area contributed by atoms with Gasteiger partial charge < -0.3 is 44.0 Å². The lowest BCUT2D eigenvalue weighted by atomic mass is 9.83. The molecule has 52 heavy (non-hydrogen) atoms. The number of hydrogen-bond donors (Lipinski definition) is 3. The van der Waals surface area contributed by atoms with Gasteiger partial charge in [-0.2, -0.15) is 0 Å². The fourth-order valence-corrected chi connectivity index (χ4v) is 6.07. The van der Waals surface area contributed by atoms with Gasteiger partial charge in [0.1, 0.15) is 36.1 Å². The molecule has 1 saturated carbocycles. The Morgan fingerprint density at radius 3 is 2.06 bits per heavy atom. The van der Waals surface area contributed by atoms with Crippen LogP contribution in [0.4, 0.5) is 4.79 Å². The average molecular weight is 725 g/mol. The minimum Gasteiger partial charge on any atom is -0.444 e. The molecule has 0 spiro atoms. The molecule has 10 atom stereocenters. The molecule has 5 unspecified atom stereocenters. The summed E-state index contributed by atoms with van der Waals surface area (Å²) in [5.41, 5.74) is 29.3. The number of rotatable bonds is 16. The molecule has 2 fully saturated rings. The molecule has 1 aliphatic heterocycles. The van der Waals surface area contributed by atoms with Gasteiger partial charge in [0, 0.05) is 14.7 Å². The van der Waals surface area contributed by atoms with E-state index in [1.165, 1.54) is 0 Å². The number of benzene rings is 2. The van der Waals surface area contributed by atoms with Crippen molar-refractivity contribution in [1.82, 2.24) is 5.32 Å². The first kappa shape index (κ1) is 40.1. The van der Waals surface area contributed by atoms with E-state index in [9.17, 15) is 31.6 Å². The third-order valence-electron chi connectivity index (χ3n) is 8.23. The fourth-order valence-electron chi connectivity index (χ4n) is 6.07. The third-order valence-corrected chi connectivity index (χ3v) is 8.23. The average Bonchev–Trinajstić information content (AvgIpc) is 3.11. The molecule has 0 bridgehead atoms. The first-order chi connectivity index (χ1) is 25.1. The van der Waals surface area contributed by atoms with Crippen molar-refractivity contribution in [2.75, 3.05) is 19.8 Å². The maximum absolute atomic E-state index is 12.7. The van der Waals surface area contributed by atoms with Gasteiger partial charge in [-0.15, -0.1) is 0 Å². The van der Waals surface area contributed by atoms with Crippen LogP contribution in [0.1, 0.15) is 38.3 Å². The van der Waals surface area contributed by atoms with Gasteiger partial charge in [-0.25, -0.2) is 4.79 Å². The maximum atomic E-state index is 12.7. The van der Waals surface area contributed by atoms with Crippen LogP contribution in [0.25, 0.3) is 31.3 Å². The van der Waals surface area contributed by atoms with Crippen LogP contribution in [0.3, 0.4) is 0 Å². The molecule has 3 N–H and O–H groups in total. The predicted molar refractivity (Wildman–Crippen MR) is 184 cm³/mol.